The zero-order valence-electron chi connectivity index (χ0n) is 26.2. The van der Waals surface area contributed by atoms with Gasteiger partial charge in [-0.1, -0.05) is 12.1 Å². The SMILES string of the molecule is CNC(=O)O[C@H]1CC[C@H](C(=O)N(C[C@H]2CC[C@H](c3cnc(OC)c(C)c3)CC2)c2cccc(-c3cnn(C4CC4)c3)c2)CC1. The van der Waals surface area contributed by atoms with Crippen molar-refractivity contribution >= 4 is 17.7 Å². The molecule has 3 aliphatic rings. The van der Waals surface area contributed by atoms with Crippen LogP contribution in [0.1, 0.15) is 87.3 Å². The van der Waals surface area contributed by atoms with Crippen molar-refractivity contribution in [2.75, 3.05) is 25.6 Å². The highest BCUT2D eigenvalue weighted by Crippen LogP contribution is 2.39. The van der Waals surface area contributed by atoms with Crippen molar-refractivity contribution in [1.29, 1.82) is 0 Å². The summed E-state index contributed by atoms with van der Waals surface area (Å²) in [7, 11) is 3.23. The first kappa shape index (κ1) is 30.2. The van der Waals surface area contributed by atoms with Crippen LogP contribution >= 0.6 is 0 Å². The second-order valence-electron chi connectivity index (χ2n) is 12.9. The summed E-state index contributed by atoms with van der Waals surface area (Å²) in [6.45, 7) is 2.76. The molecule has 1 N–H and O–H groups in total. The average molecular weight is 600 g/mol. The van der Waals surface area contributed by atoms with Crippen LogP contribution in [0, 0.1) is 18.8 Å². The monoisotopic (exact) mass is 599 g/mol. The van der Waals surface area contributed by atoms with Gasteiger partial charge in [-0.3, -0.25) is 9.48 Å². The molecule has 3 aliphatic carbocycles. The number of benzene rings is 1. The molecule has 0 bridgehead atoms. The summed E-state index contributed by atoms with van der Waals surface area (Å²) in [5, 5.41) is 7.13. The second-order valence-corrected chi connectivity index (χ2v) is 12.9. The molecule has 2 heterocycles. The topological polar surface area (TPSA) is 98.6 Å². The van der Waals surface area contributed by atoms with E-state index in [1.54, 1.807) is 14.2 Å². The number of carbonyl (C=O) groups excluding carboxylic acids is 2. The van der Waals surface area contributed by atoms with Gasteiger partial charge < -0.3 is 19.7 Å². The Balaban J connectivity index is 1.17. The largest absolute Gasteiger partial charge is 0.481 e. The summed E-state index contributed by atoms with van der Waals surface area (Å²) in [5.41, 5.74) is 5.47. The Hall–Kier alpha value is -3.88. The molecular formula is C35H45N5O4. The maximum atomic E-state index is 14.3. The third kappa shape index (κ3) is 6.92. The van der Waals surface area contributed by atoms with Crippen molar-refractivity contribution < 1.29 is 19.1 Å². The van der Waals surface area contributed by atoms with Gasteiger partial charge in [-0.15, -0.1) is 0 Å². The Kier molecular flexibility index (Phi) is 9.19. The summed E-state index contributed by atoms with van der Waals surface area (Å²) < 4.78 is 12.9. The highest BCUT2D eigenvalue weighted by molar-refractivity contribution is 5.95. The fourth-order valence-electron chi connectivity index (χ4n) is 7.02. The van der Waals surface area contributed by atoms with Gasteiger partial charge in [0.25, 0.3) is 0 Å². The molecule has 0 atom stereocenters. The normalized spacial score (nSPS) is 23.5. The van der Waals surface area contributed by atoms with Crippen LogP contribution in [0.2, 0.25) is 0 Å². The van der Waals surface area contributed by atoms with Gasteiger partial charge in [0, 0.05) is 48.7 Å². The molecule has 0 aliphatic heterocycles. The predicted molar refractivity (Wildman–Crippen MR) is 170 cm³/mol. The van der Waals surface area contributed by atoms with Crippen LogP contribution in [0.4, 0.5) is 10.5 Å². The number of alkyl carbamates (subject to hydrolysis) is 1. The van der Waals surface area contributed by atoms with Crippen LogP contribution in [0.3, 0.4) is 0 Å². The summed E-state index contributed by atoms with van der Waals surface area (Å²) in [5.74, 6) is 1.70. The van der Waals surface area contributed by atoms with Crippen molar-refractivity contribution in [2.45, 2.75) is 89.2 Å². The molecule has 0 radical (unpaired) electrons. The van der Waals surface area contributed by atoms with Crippen molar-refractivity contribution in [1.82, 2.24) is 20.1 Å². The predicted octanol–water partition coefficient (Wildman–Crippen LogP) is 6.82. The fraction of sp³-hybridized carbons (Fsp3) is 0.543. The number of hydrogen-bond donors (Lipinski definition) is 1. The molecule has 0 saturated heterocycles. The smallest absolute Gasteiger partial charge is 0.407 e. The fourth-order valence-corrected chi connectivity index (χ4v) is 7.02. The molecule has 1 aromatic carbocycles. The van der Waals surface area contributed by atoms with E-state index in [4.69, 9.17) is 9.47 Å². The van der Waals surface area contributed by atoms with E-state index in [0.29, 0.717) is 43.1 Å². The molecule has 3 saturated carbocycles. The Bertz CT molecular complexity index is 1450. The minimum Gasteiger partial charge on any atom is -0.481 e. The highest BCUT2D eigenvalue weighted by atomic mass is 16.6. The number of anilines is 1. The zero-order chi connectivity index (χ0) is 30.6. The number of ether oxygens (including phenoxy) is 2. The maximum Gasteiger partial charge on any atom is 0.407 e. The van der Waals surface area contributed by atoms with E-state index in [1.165, 1.54) is 18.4 Å². The first-order valence-electron chi connectivity index (χ1n) is 16.3. The van der Waals surface area contributed by atoms with E-state index in [-0.39, 0.29) is 17.9 Å². The van der Waals surface area contributed by atoms with Gasteiger partial charge in [0.1, 0.15) is 6.10 Å². The summed E-state index contributed by atoms with van der Waals surface area (Å²) in [6.07, 6.45) is 15.1. The molecule has 3 fully saturated rings. The van der Waals surface area contributed by atoms with Crippen LogP contribution < -0.4 is 15.0 Å². The number of pyridine rings is 1. The molecule has 9 nitrogen and oxygen atoms in total. The van der Waals surface area contributed by atoms with Crippen LogP contribution in [-0.4, -0.2) is 53.6 Å². The number of hydrogen-bond acceptors (Lipinski definition) is 6. The molecule has 0 unspecified atom stereocenters. The minimum absolute atomic E-state index is 0.0782. The molecule has 2 amide bonds. The Morgan fingerprint density at radius 2 is 1.75 bits per heavy atom. The van der Waals surface area contributed by atoms with Crippen LogP contribution in [0.25, 0.3) is 11.1 Å². The van der Waals surface area contributed by atoms with E-state index in [9.17, 15) is 9.59 Å². The van der Waals surface area contributed by atoms with Gasteiger partial charge in [0.15, 0.2) is 0 Å². The second kappa shape index (κ2) is 13.4. The van der Waals surface area contributed by atoms with E-state index in [2.05, 4.69) is 61.5 Å². The quantitative estimate of drug-likeness (QED) is 0.290. The van der Waals surface area contributed by atoms with Gasteiger partial charge in [0.05, 0.1) is 19.3 Å². The summed E-state index contributed by atoms with van der Waals surface area (Å²) >= 11 is 0. The van der Waals surface area contributed by atoms with E-state index in [1.807, 2.05) is 19.3 Å². The first-order chi connectivity index (χ1) is 21.4. The van der Waals surface area contributed by atoms with Gasteiger partial charge >= 0.3 is 6.09 Å². The number of amides is 2. The third-order valence-electron chi connectivity index (χ3n) is 9.78. The Morgan fingerprint density at radius 1 is 0.977 bits per heavy atom. The van der Waals surface area contributed by atoms with Crippen molar-refractivity contribution in [2.24, 2.45) is 11.8 Å². The van der Waals surface area contributed by atoms with E-state index in [0.717, 1.165) is 60.9 Å². The molecular weight excluding hydrogens is 554 g/mol. The number of aryl methyl sites for hydroxylation is 1. The lowest BCUT2D eigenvalue weighted by atomic mass is 9.78. The van der Waals surface area contributed by atoms with Crippen molar-refractivity contribution in [3.63, 3.8) is 0 Å². The van der Waals surface area contributed by atoms with Gasteiger partial charge in [-0.25, -0.2) is 9.78 Å². The standard InChI is InChI=1S/C35H45N5O4/c1-23-17-28(19-37-33(23)43-3)25-9-7-24(8-10-25)21-39(34(41)26-11-15-32(16-12-26)44-35(42)36-2)31-6-4-5-27(18-31)29-20-38-40(22-29)30-13-14-30/h4-6,17-20,22,24-26,30,32H,7-16,21H2,1-3H3,(H,36,42)/t24-,25-,26-,32-. The lowest BCUT2D eigenvalue weighted by Crippen LogP contribution is -2.42. The summed E-state index contributed by atoms with van der Waals surface area (Å²) in [4.78, 5) is 32.6. The molecule has 6 rings (SSSR count). The van der Waals surface area contributed by atoms with Crippen LogP contribution in [0.15, 0.2) is 48.9 Å². The Labute approximate surface area is 260 Å². The lowest BCUT2D eigenvalue weighted by molar-refractivity contribution is -0.124. The molecule has 3 aromatic rings. The van der Waals surface area contributed by atoms with Gasteiger partial charge in [-0.05, 0) is 112 Å². The Morgan fingerprint density at radius 3 is 2.43 bits per heavy atom. The molecule has 2 aromatic heterocycles. The zero-order valence-corrected chi connectivity index (χ0v) is 26.2. The maximum absolute atomic E-state index is 14.3. The molecule has 44 heavy (non-hydrogen) atoms. The van der Waals surface area contributed by atoms with E-state index < -0.39 is 6.09 Å². The number of methoxy groups -OCH3 is 1. The highest BCUT2D eigenvalue weighted by Gasteiger charge is 2.34. The summed E-state index contributed by atoms with van der Waals surface area (Å²) in [6, 6.07) is 11.1. The minimum atomic E-state index is -0.403. The van der Waals surface area contributed by atoms with E-state index >= 15 is 0 Å². The number of carbonyl (C=O) groups is 2. The molecule has 234 valence electrons. The van der Waals surface area contributed by atoms with Gasteiger partial charge in [-0.2, -0.15) is 5.10 Å². The van der Waals surface area contributed by atoms with Gasteiger partial charge in [0.2, 0.25) is 11.8 Å². The van der Waals surface area contributed by atoms with Crippen molar-refractivity contribution in [3.05, 3.63) is 60.0 Å². The number of aromatic nitrogens is 3. The molecule has 9 heteroatoms. The first-order valence-corrected chi connectivity index (χ1v) is 16.3. The number of nitrogens with one attached hydrogen (secondary N) is 1. The van der Waals surface area contributed by atoms with Crippen LogP contribution in [-0.2, 0) is 9.53 Å². The number of nitrogens with zero attached hydrogens (tertiary/aromatic N) is 4. The molecule has 0 spiro atoms. The number of rotatable bonds is 9. The lowest BCUT2D eigenvalue weighted by Gasteiger charge is -2.36. The average Bonchev–Trinajstić information content (AvgIpc) is 3.79. The third-order valence-corrected chi connectivity index (χ3v) is 9.78. The van der Waals surface area contributed by atoms with Crippen LogP contribution in [0.5, 0.6) is 5.88 Å². The van der Waals surface area contributed by atoms with Crippen molar-refractivity contribution in [3.8, 4) is 17.0 Å².